The van der Waals surface area contributed by atoms with E-state index in [1.165, 1.54) is 11.0 Å². The van der Waals surface area contributed by atoms with E-state index in [2.05, 4.69) is 31.0 Å². The van der Waals surface area contributed by atoms with Crippen molar-refractivity contribution in [3.8, 4) is 22.8 Å². The number of methoxy groups -OCH3 is 1. The third kappa shape index (κ3) is 4.43. The predicted octanol–water partition coefficient (Wildman–Crippen LogP) is 2.29. The molecule has 2 aromatic carbocycles. The largest absolute Gasteiger partial charge is 0.497 e. The number of tetrazole rings is 1. The van der Waals surface area contributed by atoms with Gasteiger partial charge in [-0.25, -0.2) is 4.68 Å². The number of nitrogens with one attached hydrogen (secondary N) is 1. The molecule has 0 aliphatic carbocycles. The minimum absolute atomic E-state index is 0.164. The third-order valence-corrected chi connectivity index (χ3v) is 4.13. The van der Waals surface area contributed by atoms with Gasteiger partial charge in [-0.1, -0.05) is 11.2 Å². The van der Waals surface area contributed by atoms with Crippen molar-refractivity contribution in [2.45, 2.75) is 12.8 Å². The Morgan fingerprint density at radius 3 is 2.83 bits per heavy atom. The summed E-state index contributed by atoms with van der Waals surface area (Å²) in [5, 5.41) is 17.8. The number of ether oxygens (including phenoxy) is 1. The number of carbonyl (C=O) groups is 1. The Bertz CT molecular complexity index is 1090. The monoisotopic (exact) mass is 391 g/mol. The Hall–Kier alpha value is -4.08. The van der Waals surface area contributed by atoms with Crippen LogP contribution in [0.3, 0.4) is 0 Å². The summed E-state index contributed by atoms with van der Waals surface area (Å²) in [5.74, 6) is 1.45. The van der Waals surface area contributed by atoms with E-state index >= 15 is 0 Å². The van der Waals surface area contributed by atoms with Crippen molar-refractivity contribution in [1.82, 2.24) is 30.3 Å². The van der Waals surface area contributed by atoms with Gasteiger partial charge in [-0.15, -0.1) is 5.10 Å². The van der Waals surface area contributed by atoms with Crippen LogP contribution >= 0.6 is 0 Å². The molecule has 4 rings (SSSR count). The first-order chi connectivity index (χ1) is 14.2. The number of amides is 1. The lowest BCUT2D eigenvalue weighted by Gasteiger charge is -2.06. The number of hydrogen-bond acceptors (Lipinski definition) is 8. The first kappa shape index (κ1) is 18.3. The van der Waals surface area contributed by atoms with E-state index in [0.717, 1.165) is 17.0 Å². The maximum absolute atomic E-state index is 12.3. The smallest absolute Gasteiger partial charge is 0.227 e. The summed E-state index contributed by atoms with van der Waals surface area (Å²) in [6, 6.07) is 14.6. The Morgan fingerprint density at radius 2 is 2.07 bits per heavy atom. The summed E-state index contributed by atoms with van der Waals surface area (Å²) < 4.78 is 11.9. The second-order valence-corrected chi connectivity index (χ2v) is 6.09. The van der Waals surface area contributed by atoms with Crippen molar-refractivity contribution in [3.63, 3.8) is 0 Å². The Labute approximate surface area is 165 Å². The highest BCUT2D eigenvalue weighted by Gasteiger charge is 2.11. The number of aromatic nitrogens is 6. The van der Waals surface area contributed by atoms with E-state index in [4.69, 9.17) is 9.26 Å². The summed E-state index contributed by atoms with van der Waals surface area (Å²) in [6.07, 6.45) is 2.03. The molecular formula is C19H17N7O3. The van der Waals surface area contributed by atoms with Crippen LogP contribution in [0.1, 0.15) is 12.3 Å². The van der Waals surface area contributed by atoms with E-state index < -0.39 is 0 Å². The fourth-order valence-corrected chi connectivity index (χ4v) is 2.66. The molecule has 0 aliphatic heterocycles. The quantitative estimate of drug-likeness (QED) is 0.509. The SMILES string of the molecule is COc1ccc(-c2noc(CCC(=O)Nc3cccc(-n4cnnn4)c3)n2)cc1. The molecule has 29 heavy (non-hydrogen) atoms. The van der Waals surface area contributed by atoms with E-state index in [0.29, 0.717) is 23.8 Å². The molecule has 2 aromatic heterocycles. The van der Waals surface area contributed by atoms with Crippen LogP contribution < -0.4 is 10.1 Å². The summed E-state index contributed by atoms with van der Waals surface area (Å²) in [6.45, 7) is 0. The van der Waals surface area contributed by atoms with Gasteiger partial charge in [0.1, 0.15) is 12.1 Å². The molecule has 146 valence electrons. The molecule has 0 atom stereocenters. The molecule has 0 saturated carbocycles. The lowest BCUT2D eigenvalue weighted by Crippen LogP contribution is -2.12. The minimum Gasteiger partial charge on any atom is -0.497 e. The molecule has 10 heteroatoms. The number of anilines is 1. The molecule has 4 aromatic rings. The standard InChI is InChI=1S/C19H17N7O3/c1-28-16-7-5-13(6-8-16)19-22-18(29-23-19)10-9-17(27)21-14-3-2-4-15(11-14)26-12-20-24-25-26/h2-8,11-12H,9-10H2,1H3,(H,21,27). The molecule has 0 unspecified atom stereocenters. The predicted molar refractivity (Wildman–Crippen MR) is 102 cm³/mol. The first-order valence-electron chi connectivity index (χ1n) is 8.81. The van der Waals surface area contributed by atoms with Gasteiger partial charge in [-0.05, 0) is 52.9 Å². The van der Waals surface area contributed by atoms with Gasteiger partial charge >= 0.3 is 0 Å². The molecule has 1 amide bonds. The zero-order chi connectivity index (χ0) is 20.1. The van der Waals surface area contributed by atoms with Crippen LogP contribution in [0.4, 0.5) is 5.69 Å². The molecule has 0 radical (unpaired) electrons. The molecule has 0 fully saturated rings. The number of benzene rings is 2. The number of rotatable bonds is 7. The molecule has 0 aliphatic rings. The highest BCUT2D eigenvalue weighted by molar-refractivity contribution is 5.91. The normalized spacial score (nSPS) is 10.7. The van der Waals surface area contributed by atoms with Gasteiger partial charge in [0.25, 0.3) is 0 Å². The second-order valence-electron chi connectivity index (χ2n) is 6.09. The molecule has 0 bridgehead atoms. The first-order valence-corrected chi connectivity index (χ1v) is 8.81. The van der Waals surface area contributed by atoms with E-state index in [-0.39, 0.29) is 12.3 Å². The van der Waals surface area contributed by atoms with Gasteiger partial charge in [-0.3, -0.25) is 4.79 Å². The van der Waals surface area contributed by atoms with Crippen LogP contribution in [0.25, 0.3) is 17.1 Å². The fraction of sp³-hybridized carbons (Fsp3) is 0.158. The highest BCUT2D eigenvalue weighted by atomic mass is 16.5. The lowest BCUT2D eigenvalue weighted by molar-refractivity contribution is -0.116. The van der Waals surface area contributed by atoms with E-state index in [1.807, 2.05) is 36.4 Å². The second kappa shape index (κ2) is 8.30. The van der Waals surface area contributed by atoms with Crippen LogP contribution in [0, 0.1) is 0 Å². The number of carbonyl (C=O) groups excluding carboxylic acids is 1. The topological polar surface area (TPSA) is 121 Å². The number of aryl methyl sites for hydroxylation is 1. The van der Waals surface area contributed by atoms with Crippen LogP contribution in [-0.4, -0.2) is 43.4 Å². The van der Waals surface area contributed by atoms with Crippen molar-refractivity contribution < 1.29 is 14.1 Å². The van der Waals surface area contributed by atoms with Gasteiger partial charge in [0, 0.05) is 24.1 Å². The van der Waals surface area contributed by atoms with Gasteiger partial charge < -0.3 is 14.6 Å². The fourth-order valence-electron chi connectivity index (χ4n) is 2.66. The van der Waals surface area contributed by atoms with Gasteiger partial charge in [0.05, 0.1) is 12.8 Å². The molecule has 1 N–H and O–H groups in total. The minimum atomic E-state index is -0.164. The summed E-state index contributed by atoms with van der Waals surface area (Å²) in [5.41, 5.74) is 2.20. The van der Waals surface area contributed by atoms with Crippen molar-refractivity contribution >= 4 is 11.6 Å². The zero-order valence-corrected chi connectivity index (χ0v) is 15.5. The van der Waals surface area contributed by atoms with Crippen molar-refractivity contribution in [1.29, 1.82) is 0 Å². The average molecular weight is 391 g/mol. The molecule has 2 heterocycles. The van der Waals surface area contributed by atoms with Gasteiger partial charge in [0.2, 0.25) is 17.6 Å². The lowest BCUT2D eigenvalue weighted by atomic mass is 10.2. The van der Waals surface area contributed by atoms with Gasteiger partial charge in [0.15, 0.2) is 0 Å². The van der Waals surface area contributed by atoms with Crippen molar-refractivity contribution in [3.05, 3.63) is 60.7 Å². The number of nitrogens with zero attached hydrogens (tertiary/aromatic N) is 6. The van der Waals surface area contributed by atoms with Crippen LogP contribution in [0.2, 0.25) is 0 Å². The van der Waals surface area contributed by atoms with Crippen LogP contribution in [-0.2, 0) is 11.2 Å². The van der Waals surface area contributed by atoms with Crippen molar-refractivity contribution in [2.75, 3.05) is 12.4 Å². The van der Waals surface area contributed by atoms with E-state index in [1.54, 1.807) is 19.2 Å². The van der Waals surface area contributed by atoms with Crippen LogP contribution in [0.15, 0.2) is 59.4 Å². The summed E-state index contributed by atoms with van der Waals surface area (Å²) in [7, 11) is 1.61. The molecule has 0 saturated heterocycles. The highest BCUT2D eigenvalue weighted by Crippen LogP contribution is 2.20. The maximum Gasteiger partial charge on any atom is 0.227 e. The Kier molecular flexibility index (Phi) is 5.23. The van der Waals surface area contributed by atoms with Crippen LogP contribution in [0.5, 0.6) is 5.75 Å². The molecular weight excluding hydrogens is 374 g/mol. The molecule has 10 nitrogen and oxygen atoms in total. The zero-order valence-electron chi connectivity index (χ0n) is 15.5. The van der Waals surface area contributed by atoms with E-state index in [9.17, 15) is 4.79 Å². The summed E-state index contributed by atoms with van der Waals surface area (Å²) >= 11 is 0. The average Bonchev–Trinajstić information content (AvgIpc) is 3.45. The third-order valence-electron chi connectivity index (χ3n) is 4.13. The Balaban J connectivity index is 1.34. The van der Waals surface area contributed by atoms with Gasteiger partial charge in [-0.2, -0.15) is 4.98 Å². The number of hydrogen-bond donors (Lipinski definition) is 1. The van der Waals surface area contributed by atoms with Crippen molar-refractivity contribution in [2.24, 2.45) is 0 Å². The molecule has 0 spiro atoms. The Morgan fingerprint density at radius 1 is 1.21 bits per heavy atom. The summed E-state index contributed by atoms with van der Waals surface area (Å²) in [4.78, 5) is 16.6. The maximum atomic E-state index is 12.3.